The van der Waals surface area contributed by atoms with Crippen molar-refractivity contribution in [3.63, 3.8) is 0 Å². The standard InChI is InChI=1S/C14H29NO/c1-3-5-7-13(4-2)8-11-15-14(12-16)9-6-10-14/h13,15-16H,3-12H2,1-2H3. The molecule has 0 radical (unpaired) electrons. The summed E-state index contributed by atoms with van der Waals surface area (Å²) in [5, 5.41) is 12.9. The minimum atomic E-state index is 0.100. The number of aliphatic hydroxyl groups is 1. The van der Waals surface area contributed by atoms with Gasteiger partial charge in [0.05, 0.1) is 6.61 Å². The number of unbranched alkanes of at least 4 members (excludes halogenated alkanes) is 1. The maximum Gasteiger partial charge on any atom is 0.0613 e. The number of nitrogens with one attached hydrogen (secondary N) is 1. The van der Waals surface area contributed by atoms with Gasteiger partial charge in [-0.15, -0.1) is 0 Å². The monoisotopic (exact) mass is 227 g/mol. The summed E-state index contributed by atoms with van der Waals surface area (Å²) in [7, 11) is 0. The van der Waals surface area contributed by atoms with Gasteiger partial charge in [-0.2, -0.15) is 0 Å². The van der Waals surface area contributed by atoms with E-state index in [-0.39, 0.29) is 5.54 Å². The predicted molar refractivity (Wildman–Crippen MR) is 69.6 cm³/mol. The normalized spacial score (nSPS) is 20.4. The fourth-order valence-corrected chi connectivity index (χ4v) is 2.58. The molecule has 1 fully saturated rings. The van der Waals surface area contributed by atoms with Crippen molar-refractivity contribution in [1.29, 1.82) is 0 Å². The van der Waals surface area contributed by atoms with Crippen LogP contribution >= 0.6 is 0 Å². The van der Waals surface area contributed by atoms with Crippen molar-refractivity contribution >= 4 is 0 Å². The van der Waals surface area contributed by atoms with Crippen LogP contribution in [-0.2, 0) is 0 Å². The SMILES string of the molecule is CCCCC(CC)CCNC1(CO)CCC1. The van der Waals surface area contributed by atoms with Crippen molar-refractivity contribution < 1.29 is 5.11 Å². The first-order chi connectivity index (χ1) is 7.76. The molecule has 1 rings (SSSR count). The Morgan fingerprint density at radius 3 is 2.44 bits per heavy atom. The minimum absolute atomic E-state index is 0.100. The molecule has 0 aliphatic heterocycles. The van der Waals surface area contributed by atoms with E-state index >= 15 is 0 Å². The summed E-state index contributed by atoms with van der Waals surface area (Å²) in [6, 6.07) is 0. The van der Waals surface area contributed by atoms with Crippen LogP contribution in [0.2, 0.25) is 0 Å². The van der Waals surface area contributed by atoms with Crippen LogP contribution in [-0.4, -0.2) is 23.8 Å². The molecule has 0 spiro atoms. The Bertz CT molecular complexity index is 172. The molecule has 1 unspecified atom stereocenters. The van der Waals surface area contributed by atoms with Crippen LogP contribution in [0.3, 0.4) is 0 Å². The molecule has 0 aromatic heterocycles. The Labute approximate surface area is 101 Å². The Hall–Kier alpha value is -0.0800. The van der Waals surface area contributed by atoms with Crippen LogP contribution < -0.4 is 5.32 Å². The highest BCUT2D eigenvalue weighted by molar-refractivity contribution is 4.95. The van der Waals surface area contributed by atoms with Crippen LogP contribution in [0.15, 0.2) is 0 Å². The number of rotatable bonds is 9. The molecular weight excluding hydrogens is 198 g/mol. The van der Waals surface area contributed by atoms with Gasteiger partial charge in [0, 0.05) is 5.54 Å². The summed E-state index contributed by atoms with van der Waals surface area (Å²) in [4.78, 5) is 0. The van der Waals surface area contributed by atoms with E-state index < -0.39 is 0 Å². The van der Waals surface area contributed by atoms with Crippen LogP contribution in [0.4, 0.5) is 0 Å². The fraction of sp³-hybridized carbons (Fsp3) is 1.00. The van der Waals surface area contributed by atoms with Crippen LogP contribution in [0.25, 0.3) is 0 Å². The molecule has 0 saturated heterocycles. The summed E-state index contributed by atoms with van der Waals surface area (Å²) in [5.74, 6) is 0.878. The molecule has 1 atom stereocenters. The van der Waals surface area contributed by atoms with Crippen molar-refractivity contribution in [3.05, 3.63) is 0 Å². The largest absolute Gasteiger partial charge is 0.394 e. The Morgan fingerprint density at radius 1 is 1.25 bits per heavy atom. The van der Waals surface area contributed by atoms with E-state index in [9.17, 15) is 5.11 Å². The number of hydrogen-bond acceptors (Lipinski definition) is 2. The average Bonchev–Trinajstić information content (AvgIpc) is 2.26. The lowest BCUT2D eigenvalue weighted by molar-refractivity contribution is 0.0871. The molecule has 0 aromatic rings. The van der Waals surface area contributed by atoms with Gasteiger partial charge in [0.1, 0.15) is 0 Å². The van der Waals surface area contributed by atoms with Gasteiger partial charge in [-0.3, -0.25) is 0 Å². The first kappa shape index (κ1) is 14.0. The molecule has 1 saturated carbocycles. The molecule has 96 valence electrons. The third-order valence-electron chi connectivity index (χ3n) is 4.21. The number of aliphatic hydroxyl groups excluding tert-OH is 1. The van der Waals surface area contributed by atoms with Crippen molar-refractivity contribution in [1.82, 2.24) is 5.32 Å². The fourth-order valence-electron chi connectivity index (χ4n) is 2.58. The molecule has 1 aliphatic carbocycles. The van der Waals surface area contributed by atoms with Crippen molar-refractivity contribution in [3.8, 4) is 0 Å². The Morgan fingerprint density at radius 2 is 2.00 bits per heavy atom. The Balaban J connectivity index is 2.12. The highest BCUT2D eigenvalue weighted by atomic mass is 16.3. The van der Waals surface area contributed by atoms with Crippen molar-refractivity contribution in [2.24, 2.45) is 5.92 Å². The quantitative estimate of drug-likeness (QED) is 0.634. The van der Waals surface area contributed by atoms with Crippen LogP contribution in [0.5, 0.6) is 0 Å². The second kappa shape index (κ2) is 7.29. The van der Waals surface area contributed by atoms with Gasteiger partial charge in [0.15, 0.2) is 0 Å². The third kappa shape index (κ3) is 4.06. The predicted octanol–water partition coefficient (Wildman–Crippen LogP) is 3.10. The second-order valence-electron chi connectivity index (χ2n) is 5.42. The van der Waals surface area contributed by atoms with E-state index in [0.29, 0.717) is 6.61 Å². The van der Waals surface area contributed by atoms with E-state index in [2.05, 4.69) is 19.2 Å². The lowest BCUT2D eigenvalue weighted by atomic mass is 9.77. The zero-order valence-corrected chi connectivity index (χ0v) is 11.1. The molecule has 0 aromatic carbocycles. The van der Waals surface area contributed by atoms with Gasteiger partial charge in [-0.05, 0) is 38.1 Å². The van der Waals surface area contributed by atoms with E-state index in [1.165, 1.54) is 38.5 Å². The zero-order valence-electron chi connectivity index (χ0n) is 11.1. The summed E-state index contributed by atoms with van der Waals surface area (Å²) in [6.07, 6.45) is 10.2. The van der Waals surface area contributed by atoms with Crippen LogP contribution in [0, 0.1) is 5.92 Å². The average molecular weight is 227 g/mol. The van der Waals surface area contributed by atoms with Gasteiger partial charge in [0.25, 0.3) is 0 Å². The molecule has 2 heteroatoms. The minimum Gasteiger partial charge on any atom is -0.394 e. The van der Waals surface area contributed by atoms with Gasteiger partial charge < -0.3 is 10.4 Å². The lowest BCUT2D eigenvalue weighted by Gasteiger charge is -2.41. The van der Waals surface area contributed by atoms with Crippen molar-refractivity contribution in [2.45, 2.75) is 70.8 Å². The van der Waals surface area contributed by atoms with E-state index in [1.807, 2.05) is 0 Å². The summed E-state index contributed by atoms with van der Waals surface area (Å²) in [5.41, 5.74) is 0.100. The summed E-state index contributed by atoms with van der Waals surface area (Å²) >= 11 is 0. The van der Waals surface area contributed by atoms with E-state index in [1.54, 1.807) is 0 Å². The molecule has 0 bridgehead atoms. The van der Waals surface area contributed by atoms with Gasteiger partial charge >= 0.3 is 0 Å². The number of hydrogen-bond donors (Lipinski definition) is 2. The molecule has 2 nitrogen and oxygen atoms in total. The van der Waals surface area contributed by atoms with E-state index in [4.69, 9.17) is 0 Å². The first-order valence-corrected chi connectivity index (χ1v) is 7.12. The molecular formula is C14H29NO. The highest BCUT2D eigenvalue weighted by Crippen LogP contribution is 2.31. The third-order valence-corrected chi connectivity index (χ3v) is 4.21. The molecule has 2 N–H and O–H groups in total. The lowest BCUT2D eigenvalue weighted by Crippen LogP contribution is -2.54. The maximum atomic E-state index is 9.34. The van der Waals surface area contributed by atoms with Crippen molar-refractivity contribution in [2.75, 3.05) is 13.2 Å². The van der Waals surface area contributed by atoms with E-state index in [0.717, 1.165) is 25.3 Å². The second-order valence-corrected chi connectivity index (χ2v) is 5.42. The van der Waals surface area contributed by atoms with Gasteiger partial charge in [0.2, 0.25) is 0 Å². The summed E-state index contributed by atoms with van der Waals surface area (Å²) < 4.78 is 0. The first-order valence-electron chi connectivity index (χ1n) is 7.12. The molecule has 16 heavy (non-hydrogen) atoms. The van der Waals surface area contributed by atoms with Gasteiger partial charge in [-0.1, -0.05) is 39.5 Å². The Kier molecular flexibility index (Phi) is 6.37. The smallest absolute Gasteiger partial charge is 0.0613 e. The topological polar surface area (TPSA) is 32.3 Å². The molecule has 0 heterocycles. The molecule has 0 amide bonds. The maximum absolute atomic E-state index is 9.34. The molecule has 1 aliphatic rings. The summed E-state index contributed by atoms with van der Waals surface area (Å²) in [6.45, 7) is 5.97. The zero-order chi connectivity index (χ0) is 11.9. The van der Waals surface area contributed by atoms with Crippen LogP contribution in [0.1, 0.15) is 65.2 Å². The van der Waals surface area contributed by atoms with Gasteiger partial charge in [-0.25, -0.2) is 0 Å². The highest BCUT2D eigenvalue weighted by Gasteiger charge is 2.35.